The summed E-state index contributed by atoms with van der Waals surface area (Å²) >= 11 is 13.2. The maximum Gasteiger partial charge on any atom is 0.250 e. The first-order chi connectivity index (χ1) is 13.5. The third-order valence-corrected chi connectivity index (χ3v) is 5.12. The zero-order valence-corrected chi connectivity index (χ0v) is 16.4. The minimum absolute atomic E-state index is 0.344. The first kappa shape index (κ1) is 18.7. The van der Waals surface area contributed by atoms with Gasteiger partial charge < -0.3 is 4.42 Å². The van der Waals surface area contributed by atoms with E-state index in [-0.39, 0.29) is 11.7 Å². The number of rotatable bonds is 4. The standard InChI is InChI=1S/C20H11Cl2FN2O2S/c21-12-7-11(8-13(22)9-12)17-5-2-15(27-17)3-6-19(26)25-20-24-16-4-1-14(23)10-18(16)28-20/h1-10H,(H,24,25,26)/b6-3+. The Hall–Kier alpha value is -2.67. The lowest BCUT2D eigenvalue weighted by molar-refractivity contribution is -0.111. The number of nitrogens with one attached hydrogen (secondary N) is 1. The lowest BCUT2D eigenvalue weighted by Gasteiger charge is -1.99. The molecular weight excluding hydrogens is 422 g/mol. The molecule has 0 aliphatic carbocycles. The van der Waals surface area contributed by atoms with E-state index in [2.05, 4.69) is 10.3 Å². The predicted octanol–water partition coefficient (Wildman–Crippen LogP) is 6.65. The molecule has 0 saturated carbocycles. The molecule has 2 aromatic carbocycles. The van der Waals surface area contributed by atoms with Gasteiger partial charge in [-0.15, -0.1) is 0 Å². The summed E-state index contributed by atoms with van der Waals surface area (Å²) in [6, 6.07) is 12.9. The van der Waals surface area contributed by atoms with Gasteiger partial charge in [0.05, 0.1) is 10.2 Å². The number of aromatic nitrogens is 1. The molecule has 0 bridgehead atoms. The Balaban J connectivity index is 1.46. The molecule has 28 heavy (non-hydrogen) atoms. The Morgan fingerprint density at radius 2 is 1.89 bits per heavy atom. The van der Waals surface area contributed by atoms with Crippen LogP contribution in [-0.4, -0.2) is 10.9 Å². The van der Waals surface area contributed by atoms with Crippen molar-refractivity contribution >= 4 is 61.9 Å². The lowest BCUT2D eigenvalue weighted by atomic mass is 10.2. The summed E-state index contributed by atoms with van der Waals surface area (Å²) in [4.78, 5) is 16.4. The normalized spacial score (nSPS) is 11.4. The second kappa shape index (κ2) is 7.75. The minimum atomic E-state index is -0.372. The Bertz CT molecular complexity index is 1200. The summed E-state index contributed by atoms with van der Waals surface area (Å²) < 4.78 is 19.6. The Kier molecular flexibility index (Phi) is 5.17. The molecule has 0 aliphatic heterocycles. The molecular formula is C20H11Cl2FN2O2S. The van der Waals surface area contributed by atoms with Gasteiger partial charge in [-0.3, -0.25) is 10.1 Å². The number of nitrogens with zero attached hydrogens (tertiary/aromatic N) is 1. The molecule has 1 amide bonds. The molecule has 0 atom stereocenters. The Morgan fingerprint density at radius 1 is 1.11 bits per heavy atom. The fourth-order valence-electron chi connectivity index (χ4n) is 2.55. The van der Waals surface area contributed by atoms with Crippen molar-refractivity contribution in [1.82, 2.24) is 4.98 Å². The van der Waals surface area contributed by atoms with Crippen LogP contribution < -0.4 is 5.32 Å². The van der Waals surface area contributed by atoms with Crippen molar-refractivity contribution in [1.29, 1.82) is 0 Å². The molecule has 2 heterocycles. The van der Waals surface area contributed by atoms with Crippen LogP contribution in [0.5, 0.6) is 0 Å². The van der Waals surface area contributed by atoms with Crippen LogP contribution in [0.25, 0.3) is 27.6 Å². The number of fused-ring (bicyclic) bond motifs is 1. The molecule has 0 unspecified atom stereocenters. The Morgan fingerprint density at radius 3 is 2.68 bits per heavy atom. The van der Waals surface area contributed by atoms with Crippen LogP contribution in [0.2, 0.25) is 10.0 Å². The molecule has 140 valence electrons. The average molecular weight is 433 g/mol. The third kappa shape index (κ3) is 4.25. The van der Waals surface area contributed by atoms with Gasteiger partial charge in [-0.25, -0.2) is 9.37 Å². The monoisotopic (exact) mass is 432 g/mol. The van der Waals surface area contributed by atoms with Gasteiger partial charge in [-0.2, -0.15) is 0 Å². The van der Waals surface area contributed by atoms with Gasteiger partial charge in [0.15, 0.2) is 5.13 Å². The summed E-state index contributed by atoms with van der Waals surface area (Å²) in [5, 5.41) is 4.06. The van der Waals surface area contributed by atoms with Crippen molar-refractivity contribution in [3.05, 3.63) is 76.2 Å². The molecule has 0 saturated heterocycles. The number of furan rings is 1. The summed E-state index contributed by atoms with van der Waals surface area (Å²) in [5.74, 6) is 0.358. The fourth-order valence-corrected chi connectivity index (χ4v) is 3.97. The van der Waals surface area contributed by atoms with Gasteiger partial charge in [-0.1, -0.05) is 34.5 Å². The zero-order chi connectivity index (χ0) is 19.7. The number of benzene rings is 2. The second-order valence-corrected chi connectivity index (χ2v) is 7.72. The smallest absolute Gasteiger partial charge is 0.250 e. The van der Waals surface area contributed by atoms with E-state index in [0.717, 1.165) is 5.56 Å². The SMILES string of the molecule is O=C(/C=C/c1ccc(-c2cc(Cl)cc(Cl)c2)o1)Nc1nc2ccc(F)cc2s1. The van der Waals surface area contributed by atoms with Crippen LogP contribution in [0.3, 0.4) is 0 Å². The van der Waals surface area contributed by atoms with Crippen molar-refractivity contribution < 1.29 is 13.6 Å². The quantitative estimate of drug-likeness (QED) is 0.367. The number of anilines is 1. The van der Waals surface area contributed by atoms with Crippen molar-refractivity contribution in [3.8, 4) is 11.3 Å². The molecule has 0 spiro atoms. The van der Waals surface area contributed by atoms with Crippen LogP contribution in [-0.2, 0) is 4.79 Å². The van der Waals surface area contributed by atoms with E-state index in [0.29, 0.717) is 36.9 Å². The minimum Gasteiger partial charge on any atom is -0.457 e. The first-order valence-electron chi connectivity index (χ1n) is 8.08. The van der Waals surface area contributed by atoms with Crippen LogP contribution in [0.15, 0.2) is 59.0 Å². The molecule has 0 fully saturated rings. The maximum absolute atomic E-state index is 13.2. The van der Waals surface area contributed by atoms with Gasteiger partial charge in [0, 0.05) is 21.7 Å². The van der Waals surface area contributed by atoms with Gasteiger partial charge >= 0.3 is 0 Å². The first-order valence-corrected chi connectivity index (χ1v) is 9.65. The largest absolute Gasteiger partial charge is 0.457 e. The van der Waals surface area contributed by atoms with Gasteiger partial charge in [-0.05, 0) is 54.6 Å². The van der Waals surface area contributed by atoms with E-state index >= 15 is 0 Å². The van der Waals surface area contributed by atoms with E-state index in [4.69, 9.17) is 27.6 Å². The molecule has 0 aliphatic rings. The fraction of sp³-hybridized carbons (Fsp3) is 0. The molecule has 2 aromatic heterocycles. The highest BCUT2D eigenvalue weighted by molar-refractivity contribution is 7.22. The summed E-state index contributed by atoms with van der Waals surface area (Å²) in [7, 11) is 0. The molecule has 4 rings (SSSR count). The number of amides is 1. The van der Waals surface area contributed by atoms with E-state index in [1.165, 1.54) is 35.6 Å². The molecule has 0 radical (unpaired) electrons. The topological polar surface area (TPSA) is 55.1 Å². The number of carbonyl (C=O) groups is 1. The summed E-state index contributed by atoms with van der Waals surface area (Å²) in [6.45, 7) is 0. The van der Waals surface area contributed by atoms with Gasteiger partial charge in [0.1, 0.15) is 17.3 Å². The van der Waals surface area contributed by atoms with E-state index in [9.17, 15) is 9.18 Å². The molecule has 4 nitrogen and oxygen atoms in total. The van der Waals surface area contributed by atoms with Crippen molar-refractivity contribution in [3.63, 3.8) is 0 Å². The highest BCUT2D eigenvalue weighted by Gasteiger charge is 2.08. The second-order valence-electron chi connectivity index (χ2n) is 5.81. The lowest BCUT2D eigenvalue weighted by Crippen LogP contribution is -2.07. The van der Waals surface area contributed by atoms with Crippen LogP contribution >= 0.6 is 34.5 Å². The number of hydrogen-bond acceptors (Lipinski definition) is 4. The number of thiazole rings is 1. The van der Waals surface area contributed by atoms with Crippen LogP contribution in [0.4, 0.5) is 9.52 Å². The van der Waals surface area contributed by atoms with Crippen molar-refractivity contribution in [2.45, 2.75) is 0 Å². The van der Waals surface area contributed by atoms with Crippen molar-refractivity contribution in [2.75, 3.05) is 5.32 Å². The maximum atomic E-state index is 13.2. The molecule has 1 N–H and O–H groups in total. The molecule has 4 aromatic rings. The zero-order valence-electron chi connectivity index (χ0n) is 14.1. The van der Waals surface area contributed by atoms with Gasteiger partial charge in [0.2, 0.25) is 5.91 Å². The van der Waals surface area contributed by atoms with E-state index < -0.39 is 0 Å². The highest BCUT2D eigenvalue weighted by Crippen LogP contribution is 2.29. The summed E-state index contributed by atoms with van der Waals surface area (Å²) in [5.41, 5.74) is 1.37. The van der Waals surface area contributed by atoms with Crippen LogP contribution in [0.1, 0.15) is 5.76 Å². The average Bonchev–Trinajstić information content (AvgIpc) is 3.25. The Labute approximate surface area is 173 Å². The predicted molar refractivity (Wildman–Crippen MR) is 111 cm³/mol. The number of carbonyl (C=O) groups excluding carboxylic acids is 1. The number of hydrogen-bond donors (Lipinski definition) is 1. The highest BCUT2D eigenvalue weighted by atomic mass is 35.5. The molecule has 8 heteroatoms. The van der Waals surface area contributed by atoms with E-state index in [1.807, 2.05) is 0 Å². The van der Waals surface area contributed by atoms with E-state index in [1.54, 1.807) is 36.4 Å². The van der Waals surface area contributed by atoms with Gasteiger partial charge in [0.25, 0.3) is 0 Å². The summed E-state index contributed by atoms with van der Waals surface area (Å²) in [6.07, 6.45) is 2.87. The number of halogens is 3. The van der Waals surface area contributed by atoms with Crippen LogP contribution in [0, 0.1) is 5.82 Å². The third-order valence-electron chi connectivity index (χ3n) is 3.75. The van der Waals surface area contributed by atoms with Crippen molar-refractivity contribution in [2.24, 2.45) is 0 Å².